The van der Waals surface area contributed by atoms with Crippen LogP contribution >= 0.6 is 0 Å². The summed E-state index contributed by atoms with van der Waals surface area (Å²) in [5.41, 5.74) is 8.85. The van der Waals surface area contributed by atoms with Gasteiger partial charge in [-0.05, 0) is 25.5 Å². The van der Waals surface area contributed by atoms with Gasteiger partial charge in [0, 0.05) is 32.0 Å². The van der Waals surface area contributed by atoms with E-state index in [1.807, 2.05) is 18.2 Å². The molecule has 2 heterocycles. The molecule has 2 N–H and O–H groups in total. The molecule has 3 rings (SSSR count). The summed E-state index contributed by atoms with van der Waals surface area (Å²) in [5.74, 6) is -0.0441. The second-order valence-electron chi connectivity index (χ2n) is 5.66. The number of anilines is 2. The zero-order valence-corrected chi connectivity index (χ0v) is 12.2. The van der Waals surface area contributed by atoms with Gasteiger partial charge in [0.1, 0.15) is 6.04 Å². The first kappa shape index (κ1) is 13.4. The van der Waals surface area contributed by atoms with Crippen molar-refractivity contribution >= 4 is 17.3 Å². The molecule has 2 aliphatic rings. The number of rotatable bonds is 2. The van der Waals surface area contributed by atoms with Gasteiger partial charge in [-0.1, -0.05) is 6.07 Å². The molecule has 5 heteroatoms. The molecule has 1 amide bonds. The first-order valence-corrected chi connectivity index (χ1v) is 7.02. The second kappa shape index (κ2) is 4.75. The molecule has 108 valence electrons. The molecule has 2 aliphatic heterocycles. The predicted octanol–water partition coefficient (Wildman–Crippen LogP) is 1.28. The molecule has 20 heavy (non-hydrogen) atoms. The van der Waals surface area contributed by atoms with E-state index >= 15 is 0 Å². The zero-order valence-electron chi connectivity index (χ0n) is 12.2. The molecular formula is C15H21N3O2. The standard InChI is InChI=1S/C15H21N3O2/c1-9-12(6-7-20-9)17(2)10-4-5-11-13(8-10)18(3)15(19)14(11)16/h4-5,8-9,12,14H,6-7,16H2,1-3H3. The molecule has 1 fully saturated rings. The van der Waals surface area contributed by atoms with E-state index in [9.17, 15) is 4.79 Å². The summed E-state index contributed by atoms with van der Waals surface area (Å²) in [4.78, 5) is 15.8. The van der Waals surface area contributed by atoms with Crippen molar-refractivity contribution in [3.05, 3.63) is 23.8 Å². The highest BCUT2D eigenvalue weighted by molar-refractivity contribution is 6.04. The fraction of sp³-hybridized carbons (Fsp3) is 0.533. The molecule has 0 aromatic heterocycles. The second-order valence-corrected chi connectivity index (χ2v) is 5.66. The summed E-state index contributed by atoms with van der Waals surface area (Å²) in [6.45, 7) is 2.91. The number of likely N-dealkylation sites (N-methyl/N-ethyl adjacent to an activating group) is 2. The molecule has 1 saturated heterocycles. The zero-order chi connectivity index (χ0) is 14.4. The third kappa shape index (κ3) is 1.89. The normalized spacial score (nSPS) is 28.9. The number of fused-ring (bicyclic) bond motifs is 1. The SMILES string of the molecule is CC1OCCC1N(C)c1ccc2c(c1)N(C)C(=O)C2N. The van der Waals surface area contributed by atoms with Gasteiger partial charge in [-0.3, -0.25) is 4.79 Å². The highest BCUT2D eigenvalue weighted by Gasteiger charge is 2.34. The minimum absolute atomic E-state index is 0.0441. The van der Waals surface area contributed by atoms with Crippen molar-refractivity contribution in [3.8, 4) is 0 Å². The predicted molar refractivity (Wildman–Crippen MR) is 79.0 cm³/mol. The number of hydrogen-bond donors (Lipinski definition) is 1. The lowest BCUT2D eigenvalue weighted by Gasteiger charge is -2.29. The highest BCUT2D eigenvalue weighted by atomic mass is 16.5. The number of hydrogen-bond acceptors (Lipinski definition) is 4. The molecule has 0 aliphatic carbocycles. The molecule has 1 aromatic carbocycles. The fourth-order valence-electron chi connectivity index (χ4n) is 3.19. The van der Waals surface area contributed by atoms with Crippen LogP contribution in [0.2, 0.25) is 0 Å². The van der Waals surface area contributed by atoms with Crippen LogP contribution in [0, 0.1) is 0 Å². The highest BCUT2D eigenvalue weighted by Crippen LogP contribution is 2.37. The first-order chi connectivity index (χ1) is 9.50. The Bertz CT molecular complexity index is 546. The third-order valence-electron chi connectivity index (χ3n) is 4.55. The van der Waals surface area contributed by atoms with Crippen LogP contribution in [0.15, 0.2) is 18.2 Å². The number of benzene rings is 1. The van der Waals surface area contributed by atoms with Crippen molar-refractivity contribution < 1.29 is 9.53 Å². The van der Waals surface area contributed by atoms with Crippen LogP contribution in [0.25, 0.3) is 0 Å². The number of amides is 1. The summed E-state index contributed by atoms with van der Waals surface area (Å²) in [6.07, 6.45) is 1.26. The molecule has 0 radical (unpaired) electrons. The fourth-order valence-corrected chi connectivity index (χ4v) is 3.19. The van der Waals surface area contributed by atoms with Gasteiger partial charge in [0.15, 0.2) is 0 Å². The summed E-state index contributed by atoms with van der Waals surface area (Å²) < 4.78 is 5.63. The van der Waals surface area contributed by atoms with E-state index in [1.54, 1.807) is 11.9 Å². The van der Waals surface area contributed by atoms with Crippen LogP contribution in [-0.4, -0.2) is 38.8 Å². The number of carbonyl (C=O) groups excluding carboxylic acids is 1. The van der Waals surface area contributed by atoms with Gasteiger partial charge < -0.3 is 20.3 Å². The van der Waals surface area contributed by atoms with Gasteiger partial charge in [-0.15, -0.1) is 0 Å². The summed E-state index contributed by atoms with van der Waals surface area (Å²) in [6, 6.07) is 5.90. The van der Waals surface area contributed by atoms with Gasteiger partial charge >= 0.3 is 0 Å². The maximum absolute atomic E-state index is 11.9. The van der Waals surface area contributed by atoms with E-state index in [0.29, 0.717) is 6.04 Å². The Hall–Kier alpha value is -1.59. The van der Waals surface area contributed by atoms with Crippen molar-refractivity contribution in [1.29, 1.82) is 0 Å². The first-order valence-electron chi connectivity index (χ1n) is 7.02. The Morgan fingerprint density at radius 1 is 1.45 bits per heavy atom. The lowest BCUT2D eigenvalue weighted by atomic mass is 10.1. The van der Waals surface area contributed by atoms with Crippen LogP contribution < -0.4 is 15.5 Å². The maximum Gasteiger partial charge on any atom is 0.248 e. The van der Waals surface area contributed by atoms with E-state index < -0.39 is 6.04 Å². The summed E-state index contributed by atoms with van der Waals surface area (Å²) >= 11 is 0. The number of nitrogens with zero attached hydrogens (tertiary/aromatic N) is 2. The van der Waals surface area contributed by atoms with Crippen LogP contribution in [-0.2, 0) is 9.53 Å². The van der Waals surface area contributed by atoms with Crippen molar-refractivity contribution in [1.82, 2.24) is 0 Å². The van der Waals surface area contributed by atoms with Gasteiger partial charge in [0.05, 0.1) is 17.8 Å². The molecule has 1 aromatic rings. The third-order valence-corrected chi connectivity index (χ3v) is 4.55. The number of nitrogens with two attached hydrogens (primary N) is 1. The van der Waals surface area contributed by atoms with Gasteiger partial charge in [0.25, 0.3) is 0 Å². The lowest BCUT2D eigenvalue weighted by molar-refractivity contribution is -0.118. The van der Waals surface area contributed by atoms with Gasteiger partial charge in [0.2, 0.25) is 5.91 Å². The van der Waals surface area contributed by atoms with E-state index in [1.165, 1.54) is 0 Å². The van der Waals surface area contributed by atoms with Crippen molar-refractivity contribution in [2.75, 3.05) is 30.5 Å². The molecule has 3 atom stereocenters. The molecule has 3 unspecified atom stereocenters. The Morgan fingerprint density at radius 3 is 2.85 bits per heavy atom. The monoisotopic (exact) mass is 275 g/mol. The van der Waals surface area contributed by atoms with Crippen LogP contribution in [0.1, 0.15) is 24.9 Å². The minimum atomic E-state index is -0.525. The van der Waals surface area contributed by atoms with Crippen molar-refractivity contribution in [2.45, 2.75) is 31.5 Å². The maximum atomic E-state index is 11.9. The smallest absolute Gasteiger partial charge is 0.248 e. The lowest BCUT2D eigenvalue weighted by Crippen LogP contribution is -2.36. The summed E-state index contributed by atoms with van der Waals surface area (Å²) in [7, 11) is 3.85. The Kier molecular flexibility index (Phi) is 3.18. The topological polar surface area (TPSA) is 58.8 Å². The molecule has 0 saturated carbocycles. The van der Waals surface area contributed by atoms with E-state index in [4.69, 9.17) is 10.5 Å². The number of ether oxygens (including phenoxy) is 1. The Morgan fingerprint density at radius 2 is 2.20 bits per heavy atom. The Labute approximate surface area is 119 Å². The van der Waals surface area contributed by atoms with Crippen molar-refractivity contribution in [2.24, 2.45) is 5.73 Å². The Balaban J connectivity index is 1.92. The van der Waals surface area contributed by atoms with Crippen LogP contribution in [0.4, 0.5) is 11.4 Å². The summed E-state index contributed by atoms with van der Waals surface area (Å²) in [5, 5.41) is 0. The van der Waals surface area contributed by atoms with E-state index in [0.717, 1.165) is 30.0 Å². The molecule has 0 spiro atoms. The van der Waals surface area contributed by atoms with Crippen LogP contribution in [0.3, 0.4) is 0 Å². The molecule has 0 bridgehead atoms. The van der Waals surface area contributed by atoms with E-state index in [-0.39, 0.29) is 12.0 Å². The average Bonchev–Trinajstić information content (AvgIpc) is 2.97. The largest absolute Gasteiger partial charge is 0.376 e. The quantitative estimate of drug-likeness (QED) is 0.883. The van der Waals surface area contributed by atoms with Crippen molar-refractivity contribution in [3.63, 3.8) is 0 Å². The average molecular weight is 275 g/mol. The van der Waals surface area contributed by atoms with Gasteiger partial charge in [-0.2, -0.15) is 0 Å². The molecular weight excluding hydrogens is 254 g/mol. The van der Waals surface area contributed by atoms with Gasteiger partial charge in [-0.25, -0.2) is 0 Å². The van der Waals surface area contributed by atoms with E-state index in [2.05, 4.69) is 18.9 Å². The number of carbonyl (C=O) groups is 1. The molecule has 5 nitrogen and oxygen atoms in total. The van der Waals surface area contributed by atoms with Crippen LogP contribution in [0.5, 0.6) is 0 Å². The minimum Gasteiger partial charge on any atom is -0.376 e.